The number of esters is 1. The molecule has 2 aromatic rings. The van der Waals surface area contributed by atoms with Gasteiger partial charge >= 0.3 is 5.97 Å². The minimum Gasteiger partial charge on any atom is -0.466 e. The Kier molecular flexibility index (Phi) is 4.72. The van der Waals surface area contributed by atoms with Crippen LogP contribution in [0.1, 0.15) is 29.4 Å². The molecule has 1 aliphatic carbocycles. The third-order valence-electron chi connectivity index (χ3n) is 4.24. The SMILES string of the molecule is COC(=O)C1=C[C@H](c2ccccc2)CC=C[C@@H]1c1ccccc1. The minimum atomic E-state index is -0.258. The van der Waals surface area contributed by atoms with Crippen LogP contribution in [0.15, 0.2) is 84.5 Å². The number of carbonyl (C=O) groups is 1. The maximum Gasteiger partial charge on any atom is 0.334 e. The van der Waals surface area contributed by atoms with Crippen LogP contribution in [0.3, 0.4) is 0 Å². The first-order valence-electron chi connectivity index (χ1n) is 7.86. The molecule has 0 radical (unpaired) electrons. The summed E-state index contributed by atoms with van der Waals surface area (Å²) in [4.78, 5) is 12.4. The largest absolute Gasteiger partial charge is 0.466 e. The summed E-state index contributed by atoms with van der Waals surface area (Å²) in [5.41, 5.74) is 3.03. The zero-order valence-corrected chi connectivity index (χ0v) is 13.2. The zero-order chi connectivity index (χ0) is 16.1. The molecule has 0 spiro atoms. The third-order valence-corrected chi connectivity index (χ3v) is 4.24. The summed E-state index contributed by atoms with van der Waals surface area (Å²) in [6.07, 6.45) is 7.23. The summed E-state index contributed by atoms with van der Waals surface area (Å²) in [6.45, 7) is 0. The van der Waals surface area contributed by atoms with Gasteiger partial charge in [-0.15, -0.1) is 0 Å². The average molecular weight is 304 g/mol. The van der Waals surface area contributed by atoms with Gasteiger partial charge in [-0.25, -0.2) is 4.79 Å². The molecule has 0 heterocycles. The highest BCUT2D eigenvalue weighted by Gasteiger charge is 2.25. The van der Waals surface area contributed by atoms with Gasteiger partial charge in [-0.2, -0.15) is 0 Å². The Hall–Kier alpha value is -2.61. The fourth-order valence-corrected chi connectivity index (χ4v) is 3.05. The standard InChI is InChI=1S/C21H20O2/c1-23-21(22)20-15-18(16-9-4-2-5-10-16)13-8-14-19(20)17-11-6-3-7-12-17/h2-12,14-15,18-19H,13H2,1H3/t18-,19-/m1/s1. The third kappa shape index (κ3) is 3.42. The van der Waals surface area contributed by atoms with Gasteiger partial charge in [-0.3, -0.25) is 0 Å². The van der Waals surface area contributed by atoms with Gasteiger partial charge in [0.05, 0.1) is 7.11 Å². The molecule has 1 aliphatic rings. The molecular weight excluding hydrogens is 284 g/mol. The van der Waals surface area contributed by atoms with Crippen molar-refractivity contribution in [2.45, 2.75) is 18.3 Å². The topological polar surface area (TPSA) is 26.3 Å². The van der Waals surface area contributed by atoms with Crippen molar-refractivity contribution in [3.05, 3.63) is 95.6 Å². The fraction of sp³-hybridized carbons (Fsp3) is 0.190. The second kappa shape index (κ2) is 7.10. The van der Waals surface area contributed by atoms with Gasteiger partial charge < -0.3 is 4.74 Å². The summed E-state index contributed by atoms with van der Waals surface area (Å²) in [5.74, 6) is -0.126. The van der Waals surface area contributed by atoms with Crippen LogP contribution in [0, 0.1) is 0 Å². The van der Waals surface area contributed by atoms with Crippen molar-refractivity contribution in [2.75, 3.05) is 7.11 Å². The lowest BCUT2D eigenvalue weighted by Crippen LogP contribution is -2.12. The number of rotatable bonds is 3. The van der Waals surface area contributed by atoms with Crippen molar-refractivity contribution in [2.24, 2.45) is 0 Å². The van der Waals surface area contributed by atoms with E-state index in [1.165, 1.54) is 12.7 Å². The minimum absolute atomic E-state index is 0.0580. The van der Waals surface area contributed by atoms with Crippen molar-refractivity contribution >= 4 is 5.97 Å². The van der Waals surface area contributed by atoms with E-state index in [1.54, 1.807) is 0 Å². The molecule has 0 aliphatic heterocycles. The first-order chi connectivity index (χ1) is 11.3. The highest BCUT2D eigenvalue weighted by atomic mass is 16.5. The molecule has 0 bridgehead atoms. The Morgan fingerprint density at radius 3 is 2.17 bits per heavy atom. The number of methoxy groups -OCH3 is 1. The van der Waals surface area contributed by atoms with E-state index >= 15 is 0 Å². The van der Waals surface area contributed by atoms with Crippen molar-refractivity contribution in [3.63, 3.8) is 0 Å². The molecule has 0 N–H and O–H groups in total. The molecule has 0 unspecified atom stereocenters. The number of allylic oxidation sites excluding steroid dienone is 3. The van der Waals surface area contributed by atoms with Gasteiger partial charge in [0.2, 0.25) is 0 Å². The number of ether oxygens (including phenoxy) is 1. The molecule has 116 valence electrons. The number of benzene rings is 2. The molecule has 2 aromatic carbocycles. The predicted molar refractivity (Wildman–Crippen MR) is 92.2 cm³/mol. The molecule has 2 nitrogen and oxygen atoms in total. The molecule has 23 heavy (non-hydrogen) atoms. The average Bonchev–Trinajstić information content (AvgIpc) is 2.85. The summed E-state index contributed by atoms with van der Waals surface area (Å²) in [6, 6.07) is 20.4. The normalized spacial score (nSPS) is 20.5. The van der Waals surface area contributed by atoms with Crippen LogP contribution < -0.4 is 0 Å². The lowest BCUT2D eigenvalue weighted by Gasteiger charge is -2.16. The van der Waals surface area contributed by atoms with Gasteiger partial charge in [-0.05, 0) is 17.5 Å². The van der Waals surface area contributed by atoms with E-state index in [0.29, 0.717) is 5.57 Å². The van der Waals surface area contributed by atoms with E-state index in [-0.39, 0.29) is 17.8 Å². The molecule has 0 saturated heterocycles. The van der Waals surface area contributed by atoms with E-state index in [9.17, 15) is 4.79 Å². The van der Waals surface area contributed by atoms with E-state index in [2.05, 4.69) is 42.5 Å². The van der Waals surface area contributed by atoms with Crippen LogP contribution in [0.5, 0.6) is 0 Å². The van der Waals surface area contributed by atoms with Crippen LogP contribution in [0.25, 0.3) is 0 Å². The summed E-state index contributed by atoms with van der Waals surface area (Å²) in [5, 5.41) is 0. The van der Waals surface area contributed by atoms with Gasteiger partial charge in [0.15, 0.2) is 0 Å². The molecule has 2 atom stereocenters. The maximum atomic E-state index is 12.4. The van der Waals surface area contributed by atoms with Crippen molar-refractivity contribution < 1.29 is 9.53 Å². The Bertz CT molecular complexity index is 714. The quantitative estimate of drug-likeness (QED) is 0.611. The van der Waals surface area contributed by atoms with Crippen molar-refractivity contribution in [1.29, 1.82) is 0 Å². The first kappa shape index (κ1) is 15.3. The van der Waals surface area contributed by atoms with Crippen LogP contribution >= 0.6 is 0 Å². The smallest absolute Gasteiger partial charge is 0.334 e. The van der Waals surface area contributed by atoms with E-state index in [4.69, 9.17) is 4.74 Å². The highest BCUT2D eigenvalue weighted by Crippen LogP contribution is 2.34. The second-order valence-corrected chi connectivity index (χ2v) is 5.68. The van der Waals surface area contributed by atoms with E-state index in [1.807, 2.05) is 36.4 Å². The van der Waals surface area contributed by atoms with Crippen LogP contribution in [-0.2, 0) is 9.53 Å². The van der Waals surface area contributed by atoms with Crippen molar-refractivity contribution in [3.8, 4) is 0 Å². The van der Waals surface area contributed by atoms with Crippen LogP contribution in [-0.4, -0.2) is 13.1 Å². The van der Waals surface area contributed by atoms with E-state index in [0.717, 1.165) is 12.0 Å². The maximum absolute atomic E-state index is 12.4. The molecule has 0 saturated carbocycles. The molecule has 0 amide bonds. The lowest BCUT2D eigenvalue weighted by atomic mass is 9.89. The molecule has 0 aromatic heterocycles. The fourth-order valence-electron chi connectivity index (χ4n) is 3.05. The van der Waals surface area contributed by atoms with Gasteiger partial charge in [0.25, 0.3) is 0 Å². The zero-order valence-electron chi connectivity index (χ0n) is 13.2. The second-order valence-electron chi connectivity index (χ2n) is 5.68. The summed E-state index contributed by atoms with van der Waals surface area (Å²) < 4.78 is 5.04. The van der Waals surface area contributed by atoms with Crippen molar-refractivity contribution in [1.82, 2.24) is 0 Å². The van der Waals surface area contributed by atoms with Gasteiger partial charge in [-0.1, -0.05) is 78.9 Å². The van der Waals surface area contributed by atoms with Gasteiger partial charge in [0, 0.05) is 17.4 Å². The van der Waals surface area contributed by atoms with E-state index < -0.39 is 0 Å². The number of hydrogen-bond donors (Lipinski definition) is 0. The molecule has 0 fully saturated rings. The molecule has 2 heteroatoms. The Labute approximate surface area is 137 Å². The molecule has 3 rings (SSSR count). The molecular formula is C21H20O2. The lowest BCUT2D eigenvalue weighted by molar-refractivity contribution is -0.136. The Balaban J connectivity index is 2.03. The Morgan fingerprint density at radius 1 is 0.957 bits per heavy atom. The number of carbonyl (C=O) groups excluding carboxylic acids is 1. The summed E-state index contributed by atoms with van der Waals surface area (Å²) >= 11 is 0. The summed E-state index contributed by atoms with van der Waals surface area (Å²) in [7, 11) is 1.44. The van der Waals surface area contributed by atoms with Crippen LogP contribution in [0.2, 0.25) is 0 Å². The Morgan fingerprint density at radius 2 is 1.57 bits per heavy atom. The van der Waals surface area contributed by atoms with Gasteiger partial charge in [0.1, 0.15) is 0 Å². The predicted octanol–water partition coefficient (Wildman–Crippen LogP) is 4.61. The number of hydrogen-bond acceptors (Lipinski definition) is 2. The van der Waals surface area contributed by atoms with Crippen LogP contribution in [0.4, 0.5) is 0 Å². The monoisotopic (exact) mass is 304 g/mol. The highest BCUT2D eigenvalue weighted by molar-refractivity contribution is 5.91. The first-order valence-corrected chi connectivity index (χ1v) is 7.86.